The highest BCUT2D eigenvalue weighted by atomic mass is 31.2. The average molecular weight is 630 g/mol. The minimum Gasteiger partial charge on any atom is -0.462 e. The van der Waals surface area contributed by atoms with E-state index in [9.17, 15) is 20.0 Å². The second-order valence-electron chi connectivity index (χ2n) is 10.2. The molecule has 2 aromatic heterocycles. The van der Waals surface area contributed by atoms with Crippen molar-refractivity contribution in [1.82, 2.24) is 24.6 Å². The summed E-state index contributed by atoms with van der Waals surface area (Å²) in [6.07, 6.45) is -4.10. The van der Waals surface area contributed by atoms with Crippen LogP contribution in [0.4, 0.5) is 10.2 Å². The predicted molar refractivity (Wildman–Crippen MR) is 155 cm³/mol. The van der Waals surface area contributed by atoms with Crippen LogP contribution >= 0.6 is 7.75 Å². The first-order chi connectivity index (χ1) is 20.9. The van der Waals surface area contributed by atoms with E-state index in [1.807, 2.05) is 18.2 Å². The van der Waals surface area contributed by atoms with E-state index in [1.54, 1.807) is 32.0 Å². The molecule has 1 saturated heterocycles. The quantitative estimate of drug-likeness (QED) is 0.0706. The molecule has 0 aliphatic carbocycles. The Morgan fingerprint density at radius 1 is 1.27 bits per heavy atom. The summed E-state index contributed by atoms with van der Waals surface area (Å²) in [6.45, 7) is 3.69. The van der Waals surface area contributed by atoms with Gasteiger partial charge in [-0.15, -0.1) is 0 Å². The number of benzene rings is 2. The average Bonchev–Trinajstić information content (AvgIpc) is 3.52. The summed E-state index contributed by atoms with van der Waals surface area (Å²) in [4.78, 5) is 27.2. The number of fused-ring (bicyclic) bond motifs is 2. The molecule has 6 atom stereocenters. The lowest BCUT2D eigenvalue weighted by Crippen LogP contribution is -2.45. The number of nitrogens with zero attached hydrogens (tertiary/aromatic N) is 7. The van der Waals surface area contributed by atoms with Gasteiger partial charge in [-0.05, 0) is 49.2 Å². The molecule has 232 valence electrons. The number of nitrogens with two attached hydrogens (primary N) is 1. The predicted octanol–water partition coefficient (Wildman–Crippen LogP) is 3.93. The van der Waals surface area contributed by atoms with Crippen LogP contribution in [-0.4, -0.2) is 67.3 Å². The fourth-order valence-corrected chi connectivity index (χ4v) is 6.08. The number of aliphatic hydroxyl groups is 1. The van der Waals surface area contributed by atoms with Crippen LogP contribution in [0.25, 0.3) is 32.4 Å². The van der Waals surface area contributed by atoms with Gasteiger partial charge in [0.15, 0.2) is 23.9 Å². The molecule has 4 aromatic rings. The van der Waals surface area contributed by atoms with Crippen LogP contribution in [0.3, 0.4) is 0 Å². The van der Waals surface area contributed by atoms with Crippen LogP contribution in [0.1, 0.15) is 27.0 Å². The maximum atomic E-state index is 15.6. The zero-order chi connectivity index (χ0) is 31.6. The second kappa shape index (κ2) is 12.3. The van der Waals surface area contributed by atoms with Crippen LogP contribution in [0.5, 0.6) is 5.75 Å². The molecule has 1 aliphatic rings. The van der Waals surface area contributed by atoms with E-state index in [4.69, 9.17) is 24.3 Å². The number of aromatic nitrogens is 4. The summed E-state index contributed by atoms with van der Waals surface area (Å²) in [5, 5.41) is 18.6. The maximum Gasteiger partial charge on any atom is 0.459 e. The van der Waals surface area contributed by atoms with Gasteiger partial charge in [0.25, 0.3) is 0 Å². The topological polar surface area (TPSA) is 222 Å². The molecule has 0 saturated carbocycles. The molecule has 4 N–H and O–H groups in total. The van der Waals surface area contributed by atoms with Gasteiger partial charge in [-0.3, -0.25) is 13.9 Å². The van der Waals surface area contributed by atoms with Gasteiger partial charge in [0, 0.05) is 4.91 Å². The number of esters is 1. The summed E-state index contributed by atoms with van der Waals surface area (Å²) in [5.41, 5.74) is 13.0. The summed E-state index contributed by atoms with van der Waals surface area (Å²) < 4.78 is 53.3. The molecule has 1 fully saturated rings. The highest BCUT2D eigenvalue weighted by molar-refractivity contribution is 7.52. The number of hydrogen-bond acceptors (Lipinski definition) is 12. The molecule has 5 rings (SSSR count). The van der Waals surface area contributed by atoms with E-state index in [1.165, 1.54) is 19.3 Å². The van der Waals surface area contributed by atoms with Crippen molar-refractivity contribution in [2.45, 2.75) is 57.1 Å². The van der Waals surface area contributed by atoms with Crippen LogP contribution in [0.15, 0.2) is 60.2 Å². The number of hydrogen-bond donors (Lipinski definition) is 3. The number of aliphatic hydroxyl groups excluding tert-OH is 1. The lowest BCUT2D eigenvalue weighted by Gasteiger charge is -2.29. The number of nitrogen functional groups attached to an aromatic ring is 1. The van der Waals surface area contributed by atoms with Gasteiger partial charge in [-0.2, -0.15) is 5.09 Å². The summed E-state index contributed by atoms with van der Waals surface area (Å²) >= 11 is 0. The fraction of sp³-hybridized carbons (Fsp3) is 0.385. The van der Waals surface area contributed by atoms with Crippen LogP contribution in [0.2, 0.25) is 0 Å². The number of halogens is 1. The largest absolute Gasteiger partial charge is 0.462 e. The standard InChI is InChI=1S/C26H29FN9O7P/c1-14(2)41-25(38)15(3)33-44(39,43-18-9-8-16-6-4-5-7-17(16)10-18)40-11-26(34-35-29)21(37)19(27)24(42-26)36-13-32-20-22(28)30-12-31-23(20)36/h4-10,12-15,19,21,24,37H,11H2,1-3H3,(H,33,39)(H2,28,30,31)/t15-,19+,21-,24+,26+,44?/m0/s1. The maximum absolute atomic E-state index is 15.6. The molecule has 3 heterocycles. The zero-order valence-corrected chi connectivity index (χ0v) is 24.6. The van der Waals surface area contributed by atoms with Crippen LogP contribution in [-0.2, 0) is 23.4 Å². The van der Waals surface area contributed by atoms with Crippen molar-refractivity contribution in [1.29, 1.82) is 0 Å². The Kier molecular flexibility index (Phi) is 8.70. The number of ether oxygens (including phenoxy) is 2. The van der Waals surface area contributed by atoms with E-state index in [0.717, 1.165) is 21.7 Å². The third-order valence-electron chi connectivity index (χ3n) is 6.68. The lowest BCUT2D eigenvalue weighted by atomic mass is 10.1. The molecule has 0 amide bonds. The Morgan fingerprint density at radius 2 is 2.02 bits per heavy atom. The smallest absolute Gasteiger partial charge is 0.459 e. The first kappa shape index (κ1) is 31.1. The molecular weight excluding hydrogens is 600 g/mol. The van der Waals surface area contributed by atoms with Gasteiger partial charge in [0.2, 0.25) is 5.72 Å². The van der Waals surface area contributed by atoms with Crippen LogP contribution in [0, 0.1) is 0 Å². The number of azide groups is 1. The van der Waals surface area contributed by atoms with Crippen LogP contribution < -0.4 is 15.3 Å². The van der Waals surface area contributed by atoms with Gasteiger partial charge in [0.1, 0.15) is 29.7 Å². The zero-order valence-electron chi connectivity index (χ0n) is 23.7. The van der Waals surface area contributed by atoms with E-state index in [-0.39, 0.29) is 22.7 Å². The Balaban J connectivity index is 1.45. The summed E-state index contributed by atoms with van der Waals surface area (Å²) in [5.74, 6) is -0.640. The van der Waals surface area contributed by atoms with Gasteiger partial charge in [0.05, 0.1) is 19.0 Å². The van der Waals surface area contributed by atoms with Gasteiger partial charge < -0.3 is 24.8 Å². The number of alkyl halides is 1. The lowest BCUT2D eigenvalue weighted by molar-refractivity contribution is -0.149. The van der Waals surface area contributed by atoms with Crippen molar-refractivity contribution < 1.29 is 37.4 Å². The number of imidazole rings is 1. The first-order valence-electron chi connectivity index (χ1n) is 13.4. The van der Waals surface area contributed by atoms with E-state index < -0.39 is 56.7 Å². The molecule has 18 heteroatoms. The van der Waals surface area contributed by atoms with Crippen molar-refractivity contribution in [2.75, 3.05) is 12.3 Å². The summed E-state index contributed by atoms with van der Waals surface area (Å²) in [7, 11) is -4.57. The molecule has 2 aromatic carbocycles. The number of rotatable bonds is 11. The Labute approximate surface area is 249 Å². The van der Waals surface area contributed by atoms with Crippen molar-refractivity contribution in [3.63, 3.8) is 0 Å². The third-order valence-corrected chi connectivity index (χ3v) is 8.30. The molecule has 16 nitrogen and oxygen atoms in total. The number of nitrogens with one attached hydrogen (secondary N) is 1. The van der Waals surface area contributed by atoms with E-state index in [0.29, 0.717) is 0 Å². The molecule has 0 spiro atoms. The molecule has 0 bridgehead atoms. The van der Waals surface area contributed by atoms with Crippen molar-refractivity contribution in [2.24, 2.45) is 5.11 Å². The highest BCUT2D eigenvalue weighted by Gasteiger charge is 2.57. The number of carbonyl (C=O) groups excluding carboxylic acids is 1. The molecular formula is C26H29FN9O7P. The Bertz CT molecular complexity index is 1790. The Morgan fingerprint density at radius 3 is 2.75 bits per heavy atom. The number of anilines is 1. The minimum atomic E-state index is -4.57. The van der Waals surface area contributed by atoms with E-state index >= 15 is 4.39 Å². The highest BCUT2D eigenvalue weighted by Crippen LogP contribution is 2.49. The normalized spacial score (nSPS) is 23.7. The van der Waals surface area contributed by atoms with Gasteiger partial charge in [-0.1, -0.05) is 35.4 Å². The number of carbonyl (C=O) groups is 1. The fourth-order valence-electron chi connectivity index (χ4n) is 4.58. The van der Waals surface area contributed by atoms with Gasteiger partial charge in [-0.25, -0.2) is 23.9 Å². The first-order valence-corrected chi connectivity index (χ1v) is 14.9. The molecule has 0 radical (unpaired) electrons. The molecule has 1 aliphatic heterocycles. The monoisotopic (exact) mass is 629 g/mol. The minimum absolute atomic E-state index is 0.0234. The van der Waals surface area contributed by atoms with Crippen molar-refractivity contribution >= 4 is 41.5 Å². The van der Waals surface area contributed by atoms with Crippen molar-refractivity contribution in [3.05, 3.63) is 65.6 Å². The molecule has 1 unspecified atom stereocenters. The SMILES string of the molecule is CC(C)OC(=O)[C@H](C)NP(=O)(OC[C@@]1(N=[N+]=[N-])O[C@@H](n2cnc3c(N)ncnc32)[C@H](F)[C@@H]1O)Oc1ccc2ccccc2c1. The Hall–Kier alpha value is -4.37. The second-order valence-corrected chi connectivity index (χ2v) is 11.9. The summed E-state index contributed by atoms with van der Waals surface area (Å²) in [6, 6.07) is 11.0. The van der Waals surface area contributed by atoms with Gasteiger partial charge >= 0.3 is 13.7 Å². The molecule has 44 heavy (non-hydrogen) atoms. The van der Waals surface area contributed by atoms with Crippen molar-refractivity contribution in [3.8, 4) is 5.75 Å². The van der Waals surface area contributed by atoms with E-state index in [2.05, 4.69) is 30.1 Å². The third kappa shape index (κ3) is 6.15.